The molecule has 8 nitrogen and oxygen atoms in total. The lowest BCUT2D eigenvalue weighted by Gasteiger charge is -2.23. The van der Waals surface area contributed by atoms with Gasteiger partial charge in [-0.1, -0.05) is 23.7 Å². The summed E-state index contributed by atoms with van der Waals surface area (Å²) in [7, 11) is 0. The maximum Gasteiger partial charge on any atom is 0.265 e. The number of hydrogen-bond acceptors (Lipinski definition) is 5. The Labute approximate surface area is 189 Å². The summed E-state index contributed by atoms with van der Waals surface area (Å²) >= 11 is 5.89. The van der Waals surface area contributed by atoms with E-state index in [4.69, 9.17) is 11.6 Å². The predicted octanol–water partition coefficient (Wildman–Crippen LogP) is 1.96. The van der Waals surface area contributed by atoms with Crippen LogP contribution in [0.2, 0.25) is 5.02 Å². The molecule has 0 aliphatic carbocycles. The summed E-state index contributed by atoms with van der Waals surface area (Å²) in [6, 6.07) is 11.7. The van der Waals surface area contributed by atoms with Crippen molar-refractivity contribution in [3.05, 3.63) is 75.2 Å². The van der Waals surface area contributed by atoms with Crippen molar-refractivity contribution in [1.29, 1.82) is 0 Å². The number of aliphatic hydroxyl groups is 1. The lowest BCUT2D eigenvalue weighted by Crippen LogP contribution is -2.42. The van der Waals surface area contributed by atoms with Gasteiger partial charge < -0.3 is 15.3 Å². The molecule has 0 unspecified atom stereocenters. The molecule has 166 valence electrons. The van der Waals surface area contributed by atoms with Crippen LogP contribution >= 0.6 is 11.6 Å². The number of hydrogen-bond donors (Lipinski definition) is 2. The van der Waals surface area contributed by atoms with E-state index in [2.05, 4.69) is 10.3 Å². The highest BCUT2D eigenvalue weighted by molar-refractivity contribution is 6.30. The van der Waals surface area contributed by atoms with Crippen molar-refractivity contribution in [1.82, 2.24) is 19.8 Å². The number of aliphatic hydroxyl groups excluding tert-OH is 1. The fraction of sp³-hybridized carbons (Fsp3) is 0.304. The van der Waals surface area contributed by atoms with Crippen LogP contribution in [0.3, 0.4) is 0 Å². The molecule has 4 rings (SSSR count). The Balaban J connectivity index is 1.63. The summed E-state index contributed by atoms with van der Waals surface area (Å²) in [5.74, 6) is -0.819. The van der Waals surface area contributed by atoms with Gasteiger partial charge in [-0.2, -0.15) is 0 Å². The van der Waals surface area contributed by atoms with E-state index in [-0.39, 0.29) is 37.2 Å². The monoisotopic (exact) mass is 454 g/mol. The van der Waals surface area contributed by atoms with E-state index in [0.717, 1.165) is 18.4 Å². The molecule has 0 saturated carbocycles. The largest absolute Gasteiger partial charge is 0.394 e. The number of fused-ring (bicyclic) bond motifs is 1. The van der Waals surface area contributed by atoms with Crippen LogP contribution in [-0.4, -0.2) is 50.6 Å². The maximum atomic E-state index is 13.2. The number of halogens is 1. The highest BCUT2D eigenvalue weighted by atomic mass is 35.5. The summed E-state index contributed by atoms with van der Waals surface area (Å²) in [5, 5.41) is 13.4. The molecule has 1 aliphatic rings. The second kappa shape index (κ2) is 9.50. The normalized spacial score (nSPS) is 15.8. The van der Waals surface area contributed by atoms with Gasteiger partial charge in [-0.25, -0.2) is 4.98 Å². The average Bonchev–Trinajstić information content (AvgIpc) is 3.29. The lowest BCUT2D eigenvalue weighted by molar-refractivity contribution is -0.133. The van der Waals surface area contributed by atoms with Crippen molar-refractivity contribution in [2.45, 2.75) is 32.0 Å². The molecule has 32 heavy (non-hydrogen) atoms. The summed E-state index contributed by atoms with van der Waals surface area (Å²) in [6.45, 7) is 0.394. The van der Waals surface area contributed by atoms with Gasteiger partial charge in [0.25, 0.3) is 11.5 Å². The first-order valence-electron chi connectivity index (χ1n) is 10.4. The van der Waals surface area contributed by atoms with E-state index < -0.39 is 11.5 Å². The Bertz CT molecular complexity index is 1210. The van der Waals surface area contributed by atoms with Gasteiger partial charge in [0.05, 0.1) is 12.6 Å². The van der Waals surface area contributed by atoms with Crippen LogP contribution in [0.25, 0.3) is 11.0 Å². The molecule has 2 amide bonds. The summed E-state index contributed by atoms with van der Waals surface area (Å²) < 4.78 is 1.24. The highest BCUT2D eigenvalue weighted by Gasteiger charge is 2.29. The van der Waals surface area contributed by atoms with Gasteiger partial charge in [-0.3, -0.25) is 19.0 Å². The van der Waals surface area contributed by atoms with Crippen molar-refractivity contribution in [3.63, 3.8) is 0 Å². The number of pyridine rings is 2. The fourth-order valence-corrected chi connectivity index (χ4v) is 4.10. The predicted molar refractivity (Wildman–Crippen MR) is 120 cm³/mol. The van der Waals surface area contributed by atoms with Crippen molar-refractivity contribution in [2.75, 3.05) is 13.2 Å². The second-order valence-electron chi connectivity index (χ2n) is 7.74. The molecule has 1 fully saturated rings. The van der Waals surface area contributed by atoms with E-state index in [1.54, 1.807) is 41.3 Å². The number of likely N-dealkylation sites (tertiary alicyclic amines) is 1. The molecule has 0 bridgehead atoms. The van der Waals surface area contributed by atoms with Crippen LogP contribution in [0.1, 0.15) is 28.8 Å². The van der Waals surface area contributed by atoms with Gasteiger partial charge in [0.1, 0.15) is 17.8 Å². The number of carbonyl (C=O) groups excluding carboxylic acids is 2. The molecular weight excluding hydrogens is 432 g/mol. The molecule has 0 spiro atoms. The summed E-state index contributed by atoms with van der Waals surface area (Å²) in [4.78, 5) is 44.8. The number of aromatic nitrogens is 2. The SMILES string of the molecule is O=C(NCc1ccc(Cl)cc1)c1cc2cccnc2n(CC(=O)N2CCC[C@@H]2CO)c1=O. The molecule has 0 radical (unpaired) electrons. The molecule has 9 heteroatoms. The van der Waals surface area contributed by atoms with Crippen LogP contribution in [0.4, 0.5) is 0 Å². The molecule has 3 heterocycles. The number of carbonyl (C=O) groups is 2. The Kier molecular flexibility index (Phi) is 6.53. The van der Waals surface area contributed by atoms with Gasteiger partial charge in [-0.05, 0) is 48.7 Å². The van der Waals surface area contributed by atoms with E-state index in [9.17, 15) is 19.5 Å². The molecule has 3 aromatic rings. The number of nitrogens with one attached hydrogen (secondary N) is 1. The standard InChI is InChI=1S/C23H23ClN4O4/c24-17-7-5-15(6-8-17)12-26-22(31)19-11-16-3-1-9-25-21(16)28(23(19)32)13-20(30)27-10-2-4-18(27)14-29/h1,3,5-9,11,18,29H,2,4,10,12-14H2,(H,26,31)/t18-/m1/s1. The van der Waals surface area contributed by atoms with Crippen molar-refractivity contribution < 1.29 is 14.7 Å². The van der Waals surface area contributed by atoms with Gasteiger partial charge >= 0.3 is 0 Å². The molecule has 2 N–H and O–H groups in total. The first kappa shape index (κ1) is 22.0. The van der Waals surface area contributed by atoms with Gasteiger partial charge in [0.2, 0.25) is 5.91 Å². The number of rotatable bonds is 6. The van der Waals surface area contributed by atoms with Gasteiger partial charge in [0, 0.05) is 29.7 Å². The minimum absolute atomic E-state index is 0.0626. The molecule has 1 aromatic carbocycles. The average molecular weight is 455 g/mol. The molecule has 1 atom stereocenters. The number of amides is 2. The van der Waals surface area contributed by atoms with E-state index in [1.807, 2.05) is 0 Å². The van der Waals surface area contributed by atoms with Crippen LogP contribution in [0, 0.1) is 0 Å². The maximum absolute atomic E-state index is 13.2. The number of benzene rings is 1. The first-order valence-corrected chi connectivity index (χ1v) is 10.8. The zero-order valence-electron chi connectivity index (χ0n) is 17.3. The van der Waals surface area contributed by atoms with E-state index in [0.29, 0.717) is 22.6 Å². The zero-order valence-corrected chi connectivity index (χ0v) is 18.1. The Morgan fingerprint density at radius 2 is 2.00 bits per heavy atom. The summed E-state index contributed by atoms with van der Waals surface area (Å²) in [5.41, 5.74) is 0.523. The van der Waals surface area contributed by atoms with E-state index >= 15 is 0 Å². The second-order valence-corrected chi connectivity index (χ2v) is 8.18. The van der Waals surface area contributed by atoms with E-state index in [1.165, 1.54) is 16.8 Å². The highest BCUT2D eigenvalue weighted by Crippen LogP contribution is 2.18. The third kappa shape index (κ3) is 4.51. The minimum Gasteiger partial charge on any atom is -0.394 e. The first-order chi connectivity index (χ1) is 15.5. The fourth-order valence-electron chi connectivity index (χ4n) is 3.98. The quantitative estimate of drug-likeness (QED) is 0.592. The third-order valence-corrected chi connectivity index (χ3v) is 5.91. The Morgan fingerprint density at radius 3 is 2.75 bits per heavy atom. The molecule has 1 aliphatic heterocycles. The summed E-state index contributed by atoms with van der Waals surface area (Å²) in [6.07, 6.45) is 3.07. The number of nitrogens with zero attached hydrogens (tertiary/aromatic N) is 3. The Morgan fingerprint density at radius 1 is 1.22 bits per heavy atom. The van der Waals surface area contributed by atoms with Crippen molar-refractivity contribution in [3.8, 4) is 0 Å². The third-order valence-electron chi connectivity index (χ3n) is 5.66. The van der Waals surface area contributed by atoms with Crippen LogP contribution < -0.4 is 10.9 Å². The van der Waals surface area contributed by atoms with Crippen molar-refractivity contribution in [2.24, 2.45) is 0 Å². The minimum atomic E-state index is -0.585. The molecular formula is C23H23ClN4O4. The van der Waals surface area contributed by atoms with Gasteiger partial charge in [0.15, 0.2) is 0 Å². The zero-order chi connectivity index (χ0) is 22.7. The molecule has 2 aromatic heterocycles. The molecule has 1 saturated heterocycles. The van der Waals surface area contributed by atoms with Crippen molar-refractivity contribution >= 4 is 34.4 Å². The smallest absolute Gasteiger partial charge is 0.265 e. The van der Waals surface area contributed by atoms with Crippen LogP contribution in [0.15, 0.2) is 53.5 Å². The van der Waals surface area contributed by atoms with Crippen LogP contribution in [0.5, 0.6) is 0 Å². The lowest BCUT2D eigenvalue weighted by atomic mass is 10.1. The van der Waals surface area contributed by atoms with Crippen LogP contribution in [-0.2, 0) is 17.9 Å². The topological polar surface area (TPSA) is 105 Å². The van der Waals surface area contributed by atoms with Gasteiger partial charge in [-0.15, -0.1) is 0 Å². The Hall–Kier alpha value is -3.23.